The highest BCUT2D eigenvalue weighted by atomic mass is 35.5. The average Bonchev–Trinajstić information content (AvgIpc) is 2.93. The molecule has 0 atom stereocenters. The van der Waals surface area contributed by atoms with Gasteiger partial charge in [-0.2, -0.15) is 0 Å². The molecule has 0 saturated heterocycles. The lowest BCUT2D eigenvalue weighted by molar-refractivity contribution is 0.315. The number of hydrogen-bond acceptors (Lipinski definition) is 6. The molecule has 0 amide bonds. The monoisotopic (exact) mass is 356 g/mol. The van der Waals surface area contributed by atoms with Gasteiger partial charge in [0.25, 0.3) is 0 Å². The van der Waals surface area contributed by atoms with E-state index in [4.69, 9.17) is 11.6 Å². The van der Waals surface area contributed by atoms with Gasteiger partial charge in [0.15, 0.2) is 5.52 Å². The Morgan fingerprint density at radius 3 is 2.70 bits per heavy atom. The highest BCUT2D eigenvalue weighted by Crippen LogP contribution is 2.31. The fraction of sp³-hybridized carbons (Fsp3) is 0.0769. The number of anilines is 2. The van der Waals surface area contributed by atoms with E-state index in [-0.39, 0.29) is 26.6 Å². The summed E-state index contributed by atoms with van der Waals surface area (Å²) in [6.45, 7) is 0. The number of fused-ring (bicyclic) bond motifs is 1. The molecule has 0 unspecified atom stereocenters. The summed E-state index contributed by atoms with van der Waals surface area (Å²) in [7, 11) is -2.60. The van der Waals surface area contributed by atoms with Gasteiger partial charge in [0.05, 0.1) is 5.69 Å². The zero-order chi connectivity index (χ0) is 16.6. The lowest BCUT2D eigenvalue weighted by atomic mass is 10.2. The van der Waals surface area contributed by atoms with Crippen LogP contribution in [0.3, 0.4) is 0 Å². The van der Waals surface area contributed by atoms with Gasteiger partial charge in [0, 0.05) is 10.7 Å². The molecule has 23 heavy (non-hydrogen) atoms. The fourth-order valence-corrected chi connectivity index (χ4v) is 3.31. The van der Waals surface area contributed by atoms with Crippen LogP contribution in [0, 0.1) is 5.82 Å². The van der Waals surface area contributed by atoms with Crippen LogP contribution < -0.4 is 10.0 Å². The van der Waals surface area contributed by atoms with E-state index in [1.54, 1.807) is 0 Å². The van der Waals surface area contributed by atoms with E-state index in [2.05, 4.69) is 25.0 Å². The molecule has 0 fully saturated rings. The Bertz CT molecular complexity index is 970. The number of rotatable bonds is 4. The first-order valence-electron chi connectivity index (χ1n) is 6.32. The molecule has 0 saturated carbocycles. The van der Waals surface area contributed by atoms with Crippen molar-refractivity contribution < 1.29 is 17.4 Å². The quantitative estimate of drug-likeness (QED) is 0.746. The Labute approximate surface area is 135 Å². The average molecular weight is 357 g/mol. The second-order valence-electron chi connectivity index (χ2n) is 4.56. The van der Waals surface area contributed by atoms with E-state index < -0.39 is 15.8 Å². The number of halogens is 2. The Balaban J connectivity index is 2.19. The van der Waals surface area contributed by atoms with Crippen LogP contribution in [-0.4, -0.2) is 25.8 Å². The summed E-state index contributed by atoms with van der Waals surface area (Å²) in [5, 5.41) is 10.2. The van der Waals surface area contributed by atoms with Crippen LogP contribution in [0.4, 0.5) is 15.8 Å². The van der Waals surface area contributed by atoms with Gasteiger partial charge in [-0.25, -0.2) is 22.2 Å². The first-order valence-corrected chi connectivity index (χ1v) is 8.19. The first-order chi connectivity index (χ1) is 10.9. The van der Waals surface area contributed by atoms with Gasteiger partial charge in [0.1, 0.15) is 16.2 Å². The maximum absolute atomic E-state index is 13.4. The van der Waals surface area contributed by atoms with Crippen LogP contribution >= 0.6 is 11.6 Å². The number of hydrogen-bond donors (Lipinski definition) is 2. The second-order valence-corrected chi connectivity index (χ2v) is 6.82. The molecule has 0 bridgehead atoms. The molecule has 7 nitrogen and oxygen atoms in total. The summed E-state index contributed by atoms with van der Waals surface area (Å²) in [6.07, 6.45) is 0. The summed E-state index contributed by atoms with van der Waals surface area (Å²) < 4.78 is 44.8. The minimum absolute atomic E-state index is 0.0619. The highest BCUT2D eigenvalue weighted by Gasteiger charge is 2.24. The van der Waals surface area contributed by atoms with Crippen LogP contribution in [0.15, 0.2) is 39.9 Å². The van der Waals surface area contributed by atoms with Gasteiger partial charge >= 0.3 is 0 Å². The maximum atomic E-state index is 13.4. The summed E-state index contributed by atoms with van der Waals surface area (Å²) in [5.74, 6) is -0.554. The SMILES string of the molecule is CNS(=O)(=O)c1c(Nc2cc(F)cc(Cl)c2)ccc2nonc12. The Kier molecular flexibility index (Phi) is 3.92. The molecule has 3 aromatic rings. The molecular weight excluding hydrogens is 347 g/mol. The van der Waals surface area contributed by atoms with Gasteiger partial charge < -0.3 is 5.32 Å². The van der Waals surface area contributed by atoms with Gasteiger partial charge in [-0.05, 0) is 47.7 Å². The van der Waals surface area contributed by atoms with Crippen LogP contribution in [-0.2, 0) is 10.0 Å². The summed E-state index contributed by atoms with van der Waals surface area (Å²) >= 11 is 5.80. The Morgan fingerprint density at radius 1 is 1.22 bits per heavy atom. The van der Waals surface area contributed by atoms with Crippen molar-refractivity contribution in [3.8, 4) is 0 Å². The summed E-state index contributed by atoms with van der Waals surface area (Å²) in [5.41, 5.74) is 0.816. The van der Waals surface area contributed by atoms with E-state index in [1.165, 1.54) is 31.3 Å². The van der Waals surface area contributed by atoms with Crippen LogP contribution in [0.5, 0.6) is 0 Å². The molecule has 120 valence electrons. The molecule has 0 aliphatic carbocycles. The van der Waals surface area contributed by atoms with Crippen molar-refractivity contribution in [2.24, 2.45) is 0 Å². The maximum Gasteiger partial charge on any atom is 0.244 e. The van der Waals surface area contributed by atoms with Crippen LogP contribution in [0.2, 0.25) is 5.02 Å². The van der Waals surface area contributed by atoms with Gasteiger partial charge in [-0.3, -0.25) is 0 Å². The third kappa shape index (κ3) is 2.98. The Morgan fingerprint density at radius 2 is 2.00 bits per heavy atom. The summed E-state index contributed by atoms with van der Waals surface area (Å²) in [6, 6.07) is 6.81. The third-order valence-corrected chi connectivity index (χ3v) is 4.77. The van der Waals surface area contributed by atoms with Crippen LogP contribution in [0.1, 0.15) is 0 Å². The zero-order valence-electron chi connectivity index (χ0n) is 11.7. The standard InChI is InChI=1S/C13H10ClFN4O3S/c1-16-23(20,21)13-11(3-2-10-12(13)19-22-18-10)17-9-5-7(14)4-8(15)6-9/h2-6,16-17H,1H3. The van der Waals surface area contributed by atoms with Gasteiger partial charge in [0.2, 0.25) is 10.0 Å². The van der Waals surface area contributed by atoms with Crippen LogP contribution in [0.25, 0.3) is 11.0 Å². The molecular formula is C13H10ClFN4O3S. The molecule has 3 rings (SSSR count). The van der Waals surface area contributed by atoms with Crippen molar-refractivity contribution in [3.63, 3.8) is 0 Å². The largest absolute Gasteiger partial charge is 0.354 e. The van der Waals surface area contributed by atoms with Crippen molar-refractivity contribution in [2.45, 2.75) is 4.90 Å². The first kappa shape index (κ1) is 15.7. The minimum Gasteiger partial charge on any atom is -0.354 e. The van der Waals surface area contributed by atoms with Crippen molar-refractivity contribution in [2.75, 3.05) is 12.4 Å². The molecule has 0 aliphatic rings. The molecule has 0 radical (unpaired) electrons. The topological polar surface area (TPSA) is 97.1 Å². The molecule has 0 spiro atoms. The van der Waals surface area contributed by atoms with E-state index in [1.807, 2.05) is 0 Å². The number of aromatic nitrogens is 2. The van der Waals surface area contributed by atoms with Gasteiger partial charge in [-0.1, -0.05) is 11.6 Å². The van der Waals surface area contributed by atoms with E-state index in [0.29, 0.717) is 5.69 Å². The smallest absolute Gasteiger partial charge is 0.244 e. The predicted octanol–water partition coefficient (Wildman–Crippen LogP) is 2.67. The molecule has 1 aromatic heterocycles. The van der Waals surface area contributed by atoms with Crippen molar-refractivity contribution >= 4 is 44.0 Å². The van der Waals surface area contributed by atoms with Crippen molar-refractivity contribution in [1.82, 2.24) is 15.0 Å². The number of nitrogens with zero attached hydrogens (tertiary/aromatic N) is 2. The van der Waals surface area contributed by atoms with E-state index in [0.717, 1.165) is 6.07 Å². The molecule has 0 aliphatic heterocycles. The van der Waals surface area contributed by atoms with Crippen molar-refractivity contribution in [3.05, 3.63) is 41.2 Å². The third-order valence-electron chi connectivity index (χ3n) is 3.06. The Hall–Kier alpha value is -2.23. The normalized spacial score (nSPS) is 11.8. The second kappa shape index (κ2) is 5.76. The zero-order valence-corrected chi connectivity index (χ0v) is 13.2. The lowest BCUT2D eigenvalue weighted by Crippen LogP contribution is -2.20. The number of sulfonamides is 1. The van der Waals surface area contributed by atoms with E-state index in [9.17, 15) is 12.8 Å². The predicted molar refractivity (Wildman–Crippen MR) is 82.7 cm³/mol. The van der Waals surface area contributed by atoms with Crippen molar-refractivity contribution in [1.29, 1.82) is 0 Å². The highest BCUT2D eigenvalue weighted by molar-refractivity contribution is 7.89. The molecule has 10 heteroatoms. The molecule has 2 aromatic carbocycles. The molecule has 2 N–H and O–H groups in total. The lowest BCUT2D eigenvalue weighted by Gasteiger charge is -2.12. The number of nitrogens with one attached hydrogen (secondary N) is 2. The summed E-state index contributed by atoms with van der Waals surface area (Å²) in [4.78, 5) is -0.154. The number of benzene rings is 2. The minimum atomic E-state index is -3.87. The molecule has 1 heterocycles. The van der Waals surface area contributed by atoms with E-state index >= 15 is 0 Å². The fourth-order valence-electron chi connectivity index (χ4n) is 2.08. The van der Waals surface area contributed by atoms with Gasteiger partial charge in [-0.15, -0.1) is 0 Å².